The third-order valence-corrected chi connectivity index (χ3v) is 6.90. The molecule has 3 rings (SSSR count). The largest absolute Gasteiger partial charge is 0.460 e. The van der Waals surface area contributed by atoms with Crippen molar-refractivity contribution in [1.82, 2.24) is 4.72 Å². The van der Waals surface area contributed by atoms with Gasteiger partial charge in [-0.1, -0.05) is 44.9 Å². The lowest BCUT2D eigenvalue weighted by Crippen LogP contribution is -2.48. The molecular weight excluding hydrogens is 425 g/mol. The van der Waals surface area contributed by atoms with Crippen LogP contribution in [0.15, 0.2) is 59.4 Å². The lowest BCUT2D eigenvalue weighted by molar-refractivity contribution is -0.106. The summed E-state index contributed by atoms with van der Waals surface area (Å²) < 4.78 is 22.8. The summed E-state index contributed by atoms with van der Waals surface area (Å²) in [6.07, 6.45) is 5.34. The number of anilines is 3. The van der Waals surface area contributed by atoms with Gasteiger partial charge < -0.3 is 14.5 Å². The molecule has 0 aromatic heterocycles. The number of nitrogens with zero attached hydrogens (tertiary/aromatic N) is 2. The fourth-order valence-corrected chi connectivity index (χ4v) is 4.93. The molecule has 7 heteroatoms. The second kappa shape index (κ2) is 10.9. The van der Waals surface area contributed by atoms with Crippen molar-refractivity contribution in [2.75, 3.05) is 30.4 Å². The highest BCUT2D eigenvalue weighted by Gasteiger charge is 2.35. The van der Waals surface area contributed by atoms with Crippen molar-refractivity contribution >= 4 is 35.3 Å². The van der Waals surface area contributed by atoms with Crippen molar-refractivity contribution in [3.8, 4) is 5.75 Å². The van der Waals surface area contributed by atoms with E-state index < -0.39 is 5.83 Å². The molecule has 0 aliphatic carbocycles. The Bertz CT molecular complexity index is 952. The molecule has 1 unspecified atom stereocenters. The molecule has 32 heavy (non-hydrogen) atoms. The maximum atomic E-state index is 13.4. The number of aldehydes is 1. The molecule has 0 amide bonds. The highest BCUT2D eigenvalue weighted by Crippen LogP contribution is 2.45. The second-order valence-electron chi connectivity index (χ2n) is 8.28. The summed E-state index contributed by atoms with van der Waals surface area (Å²) in [7, 11) is 3.84. The lowest BCUT2D eigenvalue weighted by atomic mass is 9.89. The highest BCUT2D eigenvalue weighted by molar-refractivity contribution is 7.97. The molecule has 0 saturated carbocycles. The number of hydrogen-bond donors (Lipinski definition) is 1. The van der Waals surface area contributed by atoms with Gasteiger partial charge in [-0.15, -0.1) is 0 Å². The number of nitrogens with one attached hydrogen (secondary N) is 1. The fourth-order valence-electron chi connectivity index (χ4n) is 3.85. The Morgan fingerprint density at radius 1 is 1.28 bits per heavy atom. The van der Waals surface area contributed by atoms with E-state index in [0.717, 1.165) is 60.4 Å². The van der Waals surface area contributed by atoms with Crippen LogP contribution in [-0.4, -0.2) is 32.5 Å². The third-order valence-electron chi connectivity index (χ3n) is 5.82. The van der Waals surface area contributed by atoms with Gasteiger partial charge in [0.15, 0.2) is 17.9 Å². The first-order valence-corrected chi connectivity index (χ1v) is 11.8. The fraction of sp³-hybridized carbons (Fsp3) is 0.400. The minimum atomic E-state index is -0.953. The number of benzene rings is 2. The number of carbonyl (C=O) groups is 1. The molecule has 0 fully saturated rings. The Kier molecular flexibility index (Phi) is 8.21. The van der Waals surface area contributed by atoms with Crippen molar-refractivity contribution in [2.24, 2.45) is 0 Å². The van der Waals surface area contributed by atoms with Gasteiger partial charge in [-0.25, -0.2) is 0 Å². The van der Waals surface area contributed by atoms with E-state index in [2.05, 4.69) is 53.8 Å². The first-order valence-electron chi connectivity index (χ1n) is 11.0. The van der Waals surface area contributed by atoms with Crippen LogP contribution in [0.3, 0.4) is 0 Å². The number of unbranched alkanes of at least 4 members (excludes halogenated alkanes) is 1. The maximum absolute atomic E-state index is 13.4. The first-order chi connectivity index (χ1) is 15.4. The smallest absolute Gasteiger partial charge is 0.197 e. The number of para-hydroxylation sites is 1. The zero-order valence-electron chi connectivity index (χ0n) is 19.2. The average Bonchev–Trinajstić information content (AvgIpc) is 2.98. The predicted octanol–water partition coefficient (Wildman–Crippen LogP) is 6.23. The minimum Gasteiger partial charge on any atom is -0.460 e. The molecule has 2 aromatic carbocycles. The molecule has 1 aliphatic heterocycles. The van der Waals surface area contributed by atoms with Crippen LogP contribution in [0.2, 0.25) is 0 Å². The molecule has 172 valence electrons. The number of fused-ring (bicyclic) bond motifs is 1. The molecule has 1 aliphatic rings. The molecule has 2 aromatic rings. The highest BCUT2D eigenvalue weighted by atomic mass is 32.2. The molecule has 0 saturated heterocycles. The number of rotatable bonds is 9. The molecule has 0 bridgehead atoms. The van der Waals surface area contributed by atoms with Crippen molar-refractivity contribution in [3.05, 3.63) is 54.6 Å². The van der Waals surface area contributed by atoms with Gasteiger partial charge in [-0.3, -0.25) is 9.52 Å². The summed E-state index contributed by atoms with van der Waals surface area (Å²) in [5.74, 6) is -0.462. The standard InChI is InChI=1S/C25H32FN3O2S/c1-5-7-13-25(6-2)18-29(20-11-9-8-10-12-20)22-14-21(28(3)4)23(15-24(22)32-27-25)31-17-19(26)16-30/h8-12,14-17,27H,5-7,13,18H2,1-4H3/b19-17-. The topological polar surface area (TPSA) is 44.8 Å². The quantitative estimate of drug-likeness (QED) is 0.208. The van der Waals surface area contributed by atoms with Crippen LogP contribution in [0.25, 0.3) is 0 Å². The maximum Gasteiger partial charge on any atom is 0.197 e. The Labute approximate surface area is 194 Å². The zero-order chi connectivity index (χ0) is 23.1. The van der Waals surface area contributed by atoms with Gasteiger partial charge in [-0.05, 0) is 49.1 Å². The number of halogens is 1. The summed E-state index contributed by atoms with van der Waals surface area (Å²) in [4.78, 5) is 15.9. The van der Waals surface area contributed by atoms with Gasteiger partial charge in [0.1, 0.15) is 6.26 Å². The van der Waals surface area contributed by atoms with Crippen LogP contribution in [0, 0.1) is 0 Å². The van der Waals surface area contributed by atoms with Crippen molar-refractivity contribution < 1.29 is 13.9 Å². The van der Waals surface area contributed by atoms with Gasteiger partial charge in [0.05, 0.1) is 16.3 Å². The Morgan fingerprint density at radius 3 is 2.66 bits per heavy atom. The number of ether oxygens (including phenoxy) is 1. The van der Waals surface area contributed by atoms with E-state index in [9.17, 15) is 9.18 Å². The molecule has 5 nitrogen and oxygen atoms in total. The minimum absolute atomic E-state index is 0.0572. The van der Waals surface area contributed by atoms with Gasteiger partial charge in [0, 0.05) is 31.9 Å². The number of allylic oxidation sites excluding steroid dienone is 1. The van der Waals surface area contributed by atoms with E-state index in [0.29, 0.717) is 5.75 Å². The van der Waals surface area contributed by atoms with Gasteiger partial charge in [-0.2, -0.15) is 4.39 Å². The van der Waals surface area contributed by atoms with Crippen LogP contribution < -0.4 is 19.3 Å². The molecule has 1 N–H and O–H groups in total. The van der Waals surface area contributed by atoms with Crippen LogP contribution in [0.5, 0.6) is 5.75 Å². The van der Waals surface area contributed by atoms with Crippen LogP contribution in [0.4, 0.5) is 21.5 Å². The summed E-state index contributed by atoms with van der Waals surface area (Å²) in [5, 5.41) is 0. The summed E-state index contributed by atoms with van der Waals surface area (Å²) in [6.45, 7) is 5.28. The number of carbonyl (C=O) groups excluding carboxylic acids is 1. The summed E-state index contributed by atoms with van der Waals surface area (Å²) in [6, 6.07) is 14.4. The van der Waals surface area contributed by atoms with Crippen molar-refractivity contribution in [3.63, 3.8) is 0 Å². The molecule has 1 heterocycles. The van der Waals surface area contributed by atoms with Crippen molar-refractivity contribution in [1.29, 1.82) is 0 Å². The Hall–Kier alpha value is -2.51. The van der Waals surface area contributed by atoms with E-state index in [-0.39, 0.29) is 11.8 Å². The number of hydrogen-bond acceptors (Lipinski definition) is 6. The van der Waals surface area contributed by atoms with Gasteiger partial charge in [0.2, 0.25) is 0 Å². The monoisotopic (exact) mass is 457 g/mol. The van der Waals surface area contributed by atoms with Crippen LogP contribution in [-0.2, 0) is 4.79 Å². The van der Waals surface area contributed by atoms with E-state index >= 15 is 0 Å². The third kappa shape index (κ3) is 5.45. The normalized spacial score (nSPS) is 18.7. The molecule has 0 radical (unpaired) electrons. The van der Waals surface area contributed by atoms with Crippen molar-refractivity contribution in [2.45, 2.75) is 50.0 Å². The van der Waals surface area contributed by atoms with Gasteiger partial charge >= 0.3 is 0 Å². The van der Waals surface area contributed by atoms with E-state index in [1.165, 1.54) is 0 Å². The average molecular weight is 458 g/mol. The van der Waals surface area contributed by atoms with E-state index in [1.54, 1.807) is 11.9 Å². The van der Waals surface area contributed by atoms with E-state index in [1.807, 2.05) is 31.1 Å². The van der Waals surface area contributed by atoms with Crippen LogP contribution >= 0.6 is 11.9 Å². The van der Waals surface area contributed by atoms with Gasteiger partial charge in [0.25, 0.3) is 0 Å². The summed E-state index contributed by atoms with van der Waals surface area (Å²) in [5.41, 5.74) is 2.94. The van der Waals surface area contributed by atoms with Crippen LogP contribution in [0.1, 0.15) is 39.5 Å². The second-order valence-corrected chi connectivity index (χ2v) is 9.13. The lowest BCUT2D eigenvalue weighted by Gasteiger charge is -2.37. The SMILES string of the molecule is CCCCC1(CC)CN(c2ccccc2)c2cc(N(C)C)c(O/C=C(\F)C=O)cc2SN1. The van der Waals surface area contributed by atoms with E-state index in [4.69, 9.17) is 4.74 Å². The zero-order valence-corrected chi connectivity index (χ0v) is 20.0. The molecular formula is C25H32FN3O2S. The first kappa shape index (κ1) is 24.1. The predicted molar refractivity (Wildman–Crippen MR) is 132 cm³/mol. The summed E-state index contributed by atoms with van der Waals surface area (Å²) >= 11 is 1.59. The molecule has 0 spiro atoms. The Morgan fingerprint density at radius 2 is 2.03 bits per heavy atom. The molecule has 1 atom stereocenters. The Balaban J connectivity index is 2.13.